The smallest absolute Gasteiger partial charge is 0.387 e. The molecule has 0 spiro atoms. The summed E-state index contributed by atoms with van der Waals surface area (Å²) in [6, 6.07) is 19.6. The quantitative estimate of drug-likeness (QED) is 0.514. The predicted octanol–water partition coefficient (Wildman–Crippen LogP) is 6.19. The summed E-state index contributed by atoms with van der Waals surface area (Å²) < 4.78 is 39.7. The van der Waals surface area contributed by atoms with Crippen LogP contribution in [0.2, 0.25) is 5.02 Å². The Labute approximate surface area is 173 Å². The molecule has 152 valence electrons. The minimum atomic E-state index is -4.40. The number of nitrogens with zero attached hydrogens (tertiary/aromatic N) is 1. The second-order valence-corrected chi connectivity index (χ2v) is 7.44. The van der Waals surface area contributed by atoms with Crippen LogP contribution >= 0.6 is 11.6 Å². The van der Waals surface area contributed by atoms with Crippen LogP contribution in [-0.4, -0.2) is 23.6 Å². The molecule has 0 bridgehead atoms. The maximum absolute atomic E-state index is 13.2. The van der Waals surface area contributed by atoms with Crippen molar-refractivity contribution in [3.8, 4) is 11.1 Å². The van der Waals surface area contributed by atoms with Crippen LogP contribution in [0, 0.1) is 0 Å². The number of likely N-dealkylation sites (N-methyl/N-ethyl adjacent to an activating group) is 1. The molecule has 3 rings (SSSR count). The number of halogens is 4. The van der Waals surface area contributed by atoms with Crippen molar-refractivity contribution in [2.75, 3.05) is 13.6 Å². The molecule has 0 fully saturated rings. The summed E-state index contributed by atoms with van der Waals surface area (Å²) in [5.74, 6) is 0. The SMILES string of the molecule is CN(Cc1ccc(-c2ccccc2C(F)(F)F)cc1)CC(O)c1ccc(Cl)cc1. The molecule has 0 saturated heterocycles. The van der Waals surface area contributed by atoms with Crippen LogP contribution in [0.15, 0.2) is 72.8 Å². The normalized spacial score (nSPS) is 12.9. The molecule has 0 aliphatic rings. The van der Waals surface area contributed by atoms with Crippen LogP contribution in [0.1, 0.15) is 22.8 Å². The number of hydrogen-bond donors (Lipinski definition) is 1. The Balaban J connectivity index is 1.67. The molecule has 1 unspecified atom stereocenters. The predicted molar refractivity (Wildman–Crippen MR) is 110 cm³/mol. The summed E-state index contributed by atoms with van der Waals surface area (Å²) in [6.45, 7) is 0.978. The molecule has 3 aromatic carbocycles. The van der Waals surface area contributed by atoms with Crippen molar-refractivity contribution in [3.63, 3.8) is 0 Å². The Kier molecular flexibility index (Phi) is 6.63. The van der Waals surface area contributed by atoms with E-state index in [-0.39, 0.29) is 5.56 Å². The van der Waals surface area contributed by atoms with E-state index in [1.807, 2.05) is 24.1 Å². The lowest BCUT2D eigenvalue weighted by Crippen LogP contribution is -2.24. The first-order valence-corrected chi connectivity index (χ1v) is 9.49. The van der Waals surface area contributed by atoms with Crippen molar-refractivity contribution in [3.05, 3.63) is 94.5 Å². The molecular weight excluding hydrogens is 399 g/mol. The van der Waals surface area contributed by atoms with Crippen molar-refractivity contribution < 1.29 is 18.3 Å². The van der Waals surface area contributed by atoms with Gasteiger partial charge in [-0.05, 0) is 47.5 Å². The van der Waals surface area contributed by atoms with Gasteiger partial charge in [0, 0.05) is 18.1 Å². The molecule has 1 N–H and O–H groups in total. The fourth-order valence-electron chi connectivity index (χ4n) is 3.23. The van der Waals surface area contributed by atoms with Crippen molar-refractivity contribution in [2.45, 2.75) is 18.8 Å². The summed E-state index contributed by atoms with van der Waals surface area (Å²) in [5.41, 5.74) is 1.77. The van der Waals surface area contributed by atoms with Gasteiger partial charge in [0.1, 0.15) is 0 Å². The van der Waals surface area contributed by atoms with Gasteiger partial charge >= 0.3 is 6.18 Å². The molecular formula is C23H21ClF3NO. The van der Waals surface area contributed by atoms with E-state index in [4.69, 9.17) is 11.6 Å². The van der Waals surface area contributed by atoms with Gasteiger partial charge in [0.15, 0.2) is 0 Å². The molecule has 2 nitrogen and oxygen atoms in total. The van der Waals surface area contributed by atoms with Gasteiger partial charge in [-0.25, -0.2) is 0 Å². The van der Waals surface area contributed by atoms with Gasteiger partial charge in [-0.15, -0.1) is 0 Å². The molecule has 0 radical (unpaired) electrons. The van der Waals surface area contributed by atoms with Crippen molar-refractivity contribution >= 4 is 11.6 Å². The van der Waals surface area contributed by atoms with Crippen molar-refractivity contribution in [1.29, 1.82) is 0 Å². The Morgan fingerprint density at radius 2 is 1.55 bits per heavy atom. The number of hydrogen-bond acceptors (Lipinski definition) is 2. The first kappa shape index (κ1) is 21.4. The zero-order chi connectivity index (χ0) is 21.0. The highest BCUT2D eigenvalue weighted by Gasteiger charge is 2.33. The number of aliphatic hydroxyl groups excluding tert-OH is 1. The van der Waals surface area contributed by atoms with Gasteiger partial charge in [-0.1, -0.05) is 66.2 Å². The molecule has 0 amide bonds. The molecule has 6 heteroatoms. The maximum atomic E-state index is 13.2. The highest BCUT2D eigenvalue weighted by Crippen LogP contribution is 2.36. The third-order valence-electron chi connectivity index (χ3n) is 4.69. The van der Waals surface area contributed by atoms with E-state index >= 15 is 0 Å². The summed E-state index contributed by atoms with van der Waals surface area (Å²) in [7, 11) is 1.88. The number of rotatable bonds is 6. The monoisotopic (exact) mass is 419 g/mol. The van der Waals surface area contributed by atoms with Gasteiger partial charge in [0.25, 0.3) is 0 Å². The zero-order valence-corrected chi connectivity index (χ0v) is 16.6. The van der Waals surface area contributed by atoms with Crippen molar-refractivity contribution in [2.24, 2.45) is 0 Å². The third-order valence-corrected chi connectivity index (χ3v) is 4.94. The highest BCUT2D eigenvalue weighted by molar-refractivity contribution is 6.30. The molecule has 0 aromatic heterocycles. The largest absolute Gasteiger partial charge is 0.417 e. The highest BCUT2D eigenvalue weighted by atomic mass is 35.5. The van der Waals surface area contributed by atoms with Gasteiger partial charge in [0.2, 0.25) is 0 Å². The Morgan fingerprint density at radius 3 is 2.17 bits per heavy atom. The summed E-state index contributed by atoms with van der Waals surface area (Å²) in [6.07, 6.45) is -5.05. The lowest BCUT2D eigenvalue weighted by atomic mass is 9.98. The molecule has 1 atom stereocenters. The minimum absolute atomic E-state index is 0.165. The van der Waals surface area contributed by atoms with E-state index in [9.17, 15) is 18.3 Å². The topological polar surface area (TPSA) is 23.5 Å². The zero-order valence-electron chi connectivity index (χ0n) is 15.8. The molecule has 3 aromatic rings. The molecule has 0 aliphatic carbocycles. The second-order valence-electron chi connectivity index (χ2n) is 7.00. The Hall–Kier alpha value is -2.34. The summed E-state index contributed by atoms with van der Waals surface area (Å²) in [4.78, 5) is 1.96. The standard InChI is InChI=1S/C23H21ClF3NO/c1-28(15-22(29)18-10-12-19(24)13-11-18)14-16-6-8-17(9-7-16)20-4-2-3-5-21(20)23(25,26)27/h2-13,22,29H,14-15H2,1H3. The van der Waals surface area contributed by atoms with E-state index in [1.165, 1.54) is 12.1 Å². The molecule has 0 heterocycles. The third kappa shape index (κ3) is 5.60. The fourth-order valence-corrected chi connectivity index (χ4v) is 3.36. The van der Waals surface area contributed by atoms with Gasteiger partial charge in [0.05, 0.1) is 11.7 Å². The van der Waals surface area contributed by atoms with Crippen LogP contribution in [0.3, 0.4) is 0 Å². The van der Waals surface area contributed by atoms with Gasteiger partial charge in [-0.2, -0.15) is 13.2 Å². The van der Waals surface area contributed by atoms with E-state index in [2.05, 4.69) is 0 Å². The Bertz CT molecular complexity index is 940. The van der Waals surface area contributed by atoms with Crippen LogP contribution in [0.4, 0.5) is 13.2 Å². The van der Waals surface area contributed by atoms with E-state index in [1.54, 1.807) is 42.5 Å². The van der Waals surface area contributed by atoms with E-state index in [0.29, 0.717) is 23.7 Å². The average Bonchev–Trinajstić information content (AvgIpc) is 2.68. The maximum Gasteiger partial charge on any atom is 0.417 e. The lowest BCUT2D eigenvalue weighted by Gasteiger charge is -2.21. The van der Waals surface area contributed by atoms with E-state index < -0.39 is 17.8 Å². The van der Waals surface area contributed by atoms with Gasteiger partial charge < -0.3 is 5.11 Å². The fraction of sp³-hybridized carbons (Fsp3) is 0.217. The molecule has 0 saturated carbocycles. The average molecular weight is 420 g/mol. The number of alkyl halides is 3. The Morgan fingerprint density at radius 1 is 0.931 bits per heavy atom. The number of aliphatic hydroxyl groups is 1. The molecule has 29 heavy (non-hydrogen) atoms. The minimum Gasteiger partial charge on any atom is -0.387 e. The second kappa shape index (κ2) is 8.99. The number of benzene rings is 3. The van der Waals surface area contributed by atoms with Crippen LogP contribution in [0.25, 0.3) is 11.1 Å². The van der Waals surface area contributed by atoms with Crippen LogP contribution in [0.5, 0.6) is 0 Å². The van der Waals surface area contributed by atoms with Crippen LogP contribution < -0.4 is 0 Å². The first-order valence-electron chi connectivity index (χ1n) is 9.11. The van der Waals surface area contributed by atoms with Crippen molar-refractivity contribution in [1.82, 2.24) is 4.90 Å². The lowest BCUT2D eigenvalue weighted by molar-refractivity contribution is -0.137. The van der Waals surface area contributed by atoms with Gasteiger partial charge in [-0.3, -0.25) is 4.90 Å². The van der Waals surface area contributed by atoms with Crippen LogP contribution in [-0.2, 0) is 12.7 Å². The molecule has 0 aliphatic heterocycles. The summed E-state index contributed by atoms with van der Waals surface area (Å²) >= 11 is 5.87. The first-order chi connectivity index (χ1) is 13.7. The summed E-state index contributed by atoms with van der Waals surface area (Å²) in [5, 5.41) is 11.0. The van der Waals surface area contributed by atoms with E-state index in [0.717, 1.165) is 17.2 Å².